The van der Waals surface area contributed by atoms with Crippen LogP contribution < -0.4 is 4.74 Å². The van der Waals surface area contributed by atoms with Gasteiger partial charge in [0.25, 0.3) is 0 Å². The Balaban J connectivity index is 3.25. The molecule has 16 heavy (non-hydrogen) atoms. The Morgan fingerprint density at radius 3 is 2.75 bits per heavy atom. The molecule has 1 aromatic carbocycles. The van der Waals surface area contributed by atoms with Gasteiger partial charge in [0.1, 0.15) is 5.75 Å². The second kappa shape index (κ2) is 4.99. The molecule has 0 aliphatic heterocycles. The van der Waals surface area contributed by atoms with E-state index in [-0.39, 0.29) is 0 Å². The predicted molar refractivity (Wildman–Crippen MR) is 59.1 cm³/mol. The fourth-order valence-corrected chi connectivity index (χ4v) is 1.33. The van der Waals surface area contributed by atoms with E-state index in [0.29, 0.717) is 16.9 Å². The van der Waals surface area contributed by atoms with E-state index in [4.69, 9.17) is 15.1 Å². The standard InChI is InChI=1S/C12H11NO3/c1-8-5-9(3-4-12(14)15)10(7-13)6-11(8)16-2/h3-6H,1-2H3,(H,14,15)/b4-3+. The van der Waals surface area contributed by atoms with Gasteiger partial charge in [0.05, 0.1) is 18.7 Å². The monoisotopic (exact) mass is 217 g/mol. The zero-order valence-electron chi connectivity index (χ0n) is 9.02. The summed E-state index contributed by atoms with van der Waals surface area (Å²) >= 11 is 0. The highest BCUT2D eigenvalue weighted by Crippen LogP contribution is 2.23. The number of benzene rings is 1. The second-order valence-electron chi connectivity index (χ2n) is 3.19. The molecule has 0 unspecified atom stereocenters. The highest BCUT2D eigenvalue weighted by atomic mass is 16.5. The van der Waals surface area contributed by atoms with Crippen LogP contribution in [0.3, 0.4) is 0 Å². The van der Waals surface area contributed by atoms with E-state index in [9.17, 15) is 4.79 Å². The number of carbonyl (C=O) groups is 1. The zero-order chi connectivity index (χ0) is 12.1. The highest BCUT2D eigenvalue weighted by molar-refractivity contribution is 5.86. The molecule has 0 aliphatic rings. The normalized spacial score (nSPS) is 10.1. The summed E-state index contributed by atoms with van der Waals surface area (Å²) in [7, 11) is 1.52. The van der Waals surface area contributed by atoms with Gasteiger partial charge >= 0.3 is 5.97 Å². The summed E-state index contributed by atoms with van der Waals surface area (Å²) in [6, 6.07) is 5.31. The van der Waals surface area contributed by atoms with Crippen LogP contribution in [0, 0.1) is 18.3 Å². The van der Waals surface area contributed by atoms with E-state index < -0.39 is 5.97 Å². The Labute approximate surface area is 93.4 Å². The molecule has 1 rings (SSSR count). The van der Waals surface area contributed by atoms with Crippen molar-refractivity contribution in [2.75, 3.05) is 7.11 Å². The van der Waals surface area contributed by atoms with Gasteiger partial charge in [0.2, 0.25) is 0 Å². The highest BCUT2D eigenvalue weighted by Gasteiger charge is 2.05. The fourth-order valence-electron chi connectivity index (χ4n) is 1.33. The number of aryl methyl sites for hydroxylation is 1. The Kier molecular flexibility index (Phi) is 3.67. The van der Waals surface area contributed by atoms with Crippen LogP contribution in [0.15, 0.2) is 18.2 Å². The molecule has 1 aromatic rings. The van der Waals surface area contributed by atoms with Crippen LogP contribution in [0.1, 0.15) is 16.7 Å². The third kappa shape index (κ3) is 2.61. The van der Waals surface area contributed by atoms with E-state index in [1.165, 1.54) is 13.2 Å². The summed E-state index contributed by atoms with van der Waals surface area (Å²) in [6.07, 6.45) is 2.40. The van der Waals surface area contributed by atoms with Gasteiger partial charge in [-0.2, -0.15) is 5.26 Å². The van der Waals surface area contributed by atoms with E-state index in [1.54, 1.807) is 12.1 Å². The molecule has 4 nitrogen and oxygen atoms in total. The van der Waals surface area contributed by atoms with E-state index >= 15 is 0 Å². The maximum absolute atomic E-state index is 10.4. The zero-order valence-corrected chi connectivity index (χ0v) is 9.02. The molecule has 0 saturated heterocycles. The first-order valence-corrected chi connectivity index (χ1v) is 4.58. The molecule has 82 valence electrons. The number of aliphatic carboxylic acids is 1. The number of nitriles is 1. The molecule has 0 heterocycles. The molecule has 0 aliphatic carbocycles. The van der Waals surface area contributed by atoms with Gasteiger partial charge in [-0.05, 0) is 36.3 Å². The quantitative estimate of drug-likeness (QED) is 0.786. The van der Waals surface area contributed by atoms with Crippen LogP contribution >= 0.6 is 0 Å². The van der Waals surface area contributed by atoms with E-state index in [0.717, 1.165) is 11.6 Å². The van der Waals surface area contributed by atoms with Crippen LogP contribution in [0.5, 0.6) is 5.75 Å². The number of ether oxygens (including phenoxy) is 1. The minimum atomic E-state index is -1.04. The lowest BCUT2D eigenvalue weighted by Crippen LogP contribution is -1.92. The van der Waals surface area contributed by atoms with E-state index in [1.807, 2.05) is 13.0 Å². The summed E-state index contributed by atoms with van der Waals surface area (Å²) in [4.78, 5) is 10.4. The summed E-state index contributed by atoms with van der Waals surface area (Å²) in [5, 5.41) is 17.4. The smallest absolute Gasteiger partial charge is 0.328 e. The van der Waals surface area contributed by atoms with Crippen molar-refractivity contribution in [3.63, 3.8) is 0 Å². The Bertz CT molecular complexity index is 484. The number of carboxylic acid groups (broad SMARTS) is 1. The molecule has 0 bridgehead atoms. The van der Waals surface area contributed by atoms with Crippen molar-refractivity contribution < 1.29 is 14.6 Å². The average Bonchev–Trinajstić information content (AvgIpc) is 2.26. The fraction of sp³-hybridized carbons (Fsp3) is 0.167. The Morgan fingerprint density at radius 1 is 1.56 bits per heavy atom. The van der Waals surface area contributed by atoms with Crippen molar-refractivity contribution in [3.05, 3.63) is 34.9 Å². The van der Waals surface area contributed by atoms with Crippen molar-refractivity contribution in [1.82, 2.24) is 0 Å². The third-order valence-corrected chi connectivity index (χ3v) is 2.09. The number of hydrogen-bond donors (Lipinski definition) is 1. The third-order valence-electron chi connectivity index (χ3n) is 2.09. The van der Waals surface area contributed by atoms with Crippen LogP contribution in [0.2, 0.25) is 0 Å². The maximum atomic E-state index is 10.4. The first-order chi connectivity index (χ1) is 7.58. The Hall–Kier alpha value is -2.28. The van der Waals surface area contributed by atoms with Crippen LogP contribution in [0.4, 0.5) is 0 Å². The van der Waals surface area contributed by atoms with Gasteiger partial charge in [-0.3, -0.25) is 0 Å². The molecule has 0 amide bonds. The van der Waals surface area contributed by atoms with Crippen molar-refractivity contribution in [2.45, 2.75) is 6.92 Å². The molecule has 0 radical (unpaired) electrons. The van der Waals surface area contributed by atoms with Crippen molar-refractivity contribution >= 4 is 12.0 Å². The lowest BCUT2D eigenvalue weighted by molar-refractivity contribution is -0.131. The second-order valence-corrected chi connectivity index (χ2v) is 3.19. The van der Waals surface area contributed by atoms with Crippen LogP contribution in [-0.2, 0) is 4.79 Å². The molecular formula is C12H11NO3. The number of carboxylic acids is 1. The van der Waals surface area contributed by atoms with Crippen molar-refractivity contribution in [3.8, 4) is 11.8 Å². The van der Waals surface area contributed by atoms with Gasteiger partial charge in [0, 0.05) is 6.08 Å². The molecular weight excluding hydrogens is 206 g/mol. The van der Waals surface area contributed by atoms with Crippen molar-refractivity contribution in [2.24, 2.45) is 0 Å². The predicted octanol–water partition coefficient (Wildman–Crippen LogP) is 1.97. The van der Waals surface area contributed by atoms with Crippen molar-refractivity contribution in [1.29, 1.82) is 5.26 Å². The number of rotatable bonds is 3. The molecule has 4 heteroatoms. The molecule has 0 spiro atoms. The lowest BCUT2D eigenvalue weighted by atomic mass is 10.0. The lowest BCUT2D eigenvalue weighted by Gasteiger charge is -2.06. The molecule has 0 atom stereocenters. The van der Waals surface area contributed by atoms with Gasteiger partial charge in [-0.25, -0.2) is 4.79 Å². The van der Waals surface area contributed by atoms with E-state index in [2.05, 4.69) is 0 Å². The summed E-state index contributed by atoms with van der Waals surface area (Å²) < 4.78 is 5.08. The minimum Gasteiger partial charge on any atom is -0.496 e. The molecule has 0 aromatic heterocycles. The topological polar surface area (TPSA) is 70.3 Å². The summed E-state index contributed by atoms with van der Waals surface area (Å²) in [5.41, 5.74) is 1.81. The summed E-state index contributed by atoms with van der Waals surface area (Å²) in [6.45, 7) is 1.83. The number of hydrogen-bond acceptors (Lipinski definition) is 3. The largest absolute Gasteiger partial charge is 0.496 e. The molecule has 0 fully saturated rings. The van der Waals surface area contributed by atoms with Gasteiger partial charge < -0.3 is 9.84 Å². The summed E-state index contributed by atoms with van der Waals surface area (Å²) in [5.74, 6) is -0.429. The van der Waals surface area contributed by atoms with Gasteiger partial charge in [-0.1, -0.05) is 0 Å². The maximum Gasteiger partial charge on any atom is 0.328 e. The van der Waals surface area contributed by atoms with Gasteiger partial charge in [0.15, 0.2) is 0 Å². The molecule has 1 N–H and O–H groups in total. The van der Waals surface area contributed by atoms with Gasteiger partial charge in [-0.15, -0.1) is 0 Å². The first kappa shape index (κ1) is 11.8. The average molecular weight is 217 g/mol. The van der Waals surface area contributed by atoms with Crippen LogP contribution in [-0.4, -0.2) is 18.2 Å². The SMILES string of the molecule is COc1cc(C#N)c(/C=C/C(=O)O)cc1C. The molecule has 0 saturated carbocycles. The number of nitrogens with zero attached hydrogens (tertiary/aromatic N) is 1. The van der Waals surface area contributed by atoms with Crippen LogP contribution in [0.25, 0.3) is 6.08 Å². The minimum absolute atomic E-state index is 0.389. The Morgan fingerprint density at radius 2 is 2.25 bits per heavy atom. The first-order valence-electron chi connectivity index (χ1n) is 4.58. The number of methoxy groups -OCH3 is 1.